The predicted octanol–water partition coefficient (Wildman–Crippen LogP) is 2.86. The van der Waals surface area contributed by atoms with Crippen LogP contribution in [0.2, 0.25) is 0 Å². The highest BCUT2D eigenvalue weighted by Crippen LogP contribution is 2.25. The van der Waals surface area contributed by atoms with E-state index in [-0.39, 0.29) is 0 Å². The van der Waals surface area contributed by atoms with Crippen molar-refractivity contribution in [2.45, 2.75) is 6.10 Å². The normalized spacial score (nSPS) is 12.3. The fourth-order valence-electron chi connectivity index (χ4n) is 1.61. The van der Waals surface area contributed by atoms with Crippen molar-refractivity contribution in [3.8, 4) is 5.75 Å². The molecule has 1 heterocycles. The minimum atomic E-state index is -0.565. The van der Waals surface area contributed by atoms with E-state index in [0.717, 1.165) is 16.9 Å². The molecule has 2 aromatic rings. The summed E-state index contributed by atoms with van der Waals surface area (Å²) in [5.74, 6) is 0.785. The summed E-state index contributed by atoms with van der Waals surface area (Å²) in [4.78, 5) is 0. The number of aliphatic hydroxyl groups is 1. The largest absolute Gasteiger partial charge is 0.491 e. The van der Waals surface area contributed by atoms with Crippen molar-refractivity contribution >= 4 is 11.3 Å². The molecule has 0 aliphatic carbocycles. The third-order valence-corrected chi connectivity index (χ3v) is 3.31. The van der Waals surface area contributed by atoms with Gasteiger partial charge in [0.15, 0.2) is 0 Å². The Morgan fingerprint density at radius 3 is 2.50 bits per heavy atom. The van der Waals surface area contributed by atoms with Crippen LogP contribution < -0.4 is 4.74 Å². The minimum Gasteiger partial charge on any atom is -0.491 e. The number of methoxy groups -OCH3 is 1. The number of benzene rings is 1. The van der Waals surface area contributed by atoms with Gasteiger partial charge in [0.25, 0.3) is 0 Å². The van der Waals surface area contributed by atoms with Crippen LogP contribution in [-0.4, -0.2) is 25.4 Å². The molecule has 0 radical (unpaired) electrons. The monoisotopic (exact) mass is 264 g/mol. The van der Waals surface area contributed by atoms with E-state index < -0.39 is 6.10 Å². The van der Waals surface area contributed by atoms with Crippen molar-refractivity contribution in [2.75, 3.05) is 20.3 Å². The molecule has 0 fully saturated rings. The number of hydrogen-bond donors (Lipinski definition) is 1. The second-order valence-corrected chi connectivity index (χ2v) is 4.65. The van der Waals surface area contributed by atoms with Crippen molar-refractivity contribution < 1.29 is 14.6 Å². The molecular formula is C14H16O3S. The van der Waals surface area contributed by atoms with E-state index in [1.54, 1.807) is 18.4 Å². The highest BCUT2D eigenvalue weighted by atomic mass is 32.1. The molecule has 0 spiro atoms. The molecule has 1 aromatic heterocycles. The predicted molar refractivity (Wildman–Crippen MR) is 72.2 cm³/mol. The number of aliphatic hydroxyl groups excluding tert-OH is 1. The lowest BCUT2D eigenvalue weighted by atomic mass is 10.0. The molecule has 1 N–H and O–H groups in total. The molecule has 4 heteroatoms. The Labute approximate surface area is 111 Å². The number of rotatable bonds is 6. The molecule has 0 aliphatic rings. The van der Waals surface area contributed by atoms with Crippen LogP contribution in [0.1, 0.15) is 17.2 Å². The van der Waals surface area contributed by atoms with Crippen LogP contribution in [-0.2, 0) is 4.74 Å². The Hall–Kier alpha value is -1.36. The third kappa shape index (κ3) is 3.32. The van der Waals surface area contributed by atoms with Crippen LogP contribution >= 0.6 is 11.3 Å². The Bertz CT molecular complexity index is 450. The first-order chi connectivity index (χ1) is 8.81. The lowest BCUT2D eigenvalue weighted by Gasteiger charge is -2.10. The molecule has 1 aromatic carbocycles. The first-order valence-electron chi connectivity index (χ1n) is 5.73. The molecule has 3 nitrogen and oxygen atoms in total. The summed E-state index contributed by atoms with van der Waals surface area (Å²) in [6.45, 7) is 1.10. The average Bonchev–Trinajstić information content (AvgIpc) is 2.93. The summed E-state index contributed by atoms with van der Waals surface area (Å²) >= 11 is 1.58. The van der Waals surface area contributed by atoms with Crippen LogP contribution in [0.5, 0.6) is 5.75 Å². The molecule has 18 heavy (non-hydrogen) atoms. The van der Waals surface area contributed by atoms with Gasteiger partial charge >= 0.3 is 0 Å². The van der Waals surface area contributed by atoms with Crippen molar-refractivity contribution in [3.63, 3.8) is 0 Å². The SMILES string of the molecule is COCCOc1ccc(C(O)c2ccsc2)cc1. The Morgan fingerprint density at radius 2 is 1.89 bits per heavy atom. The maximum Gasteiger partial charge on any atom is 0.119 e. The van der Waals surface area contributed by atoms with Crippen molar-refractivity contribution in [1.29, 1.82) is 0 Å². The highest BCUT2D eigenvalue weighted by molar-refractivity contribution is 7.07. The van der Waals surface area contributed by atoms with Crippen LogP contribution in [0.15, 0.2) is 41.1 Å². The van der Waals surface area contributed by atoms with Crippen LogP contribution in [0.25, 0.3) is 0 Å². The maximum atomic E-state index is 10.1. The van der Waals surface area contributed by atoms with Crippen LogP contribution in [0, 0.1) is 0 Å². The van der Waals surface area contributed by atoms with Gasteiger partial charge in [-0.15, -0.1) is 0 Å². The summed E-state index contributed by atoms with van der Waals surface area (Å²) in [7, 11) is 1.64. The number of ether oxygens (including phenoxy) is 2. The standard InChI is InChI=1S/C14H16O3S/c1-16-7-8-17-13-4-2-11(3-5-13)14(15)12-6-9-18-10-12/h2-6,9-10,14-15H,7-8H2,1H3. The summed E-state index contributed by atoms with van der Waals surface area (Å²) in [5, 5.41) is 14.0. The van der Waals surface area contributed by atoms with Gasteiger partial charge in [0.1, 0.15) is 18.5 Å². The highest BCUT2D eigenvalue weighted by Gasteiger charge is 2.10. The molecule has 0 saturated carbocycles. The number of thiophene rings is 1. The maximum absolute atomic E-state index is 10.1. The van der Waals surface area contributed by atoms with E-state index in [2.05, 4.69) is 0 Å². The molecule has 0 aliphatic heterocycles. The van der Waals surface area contributed by atoms with Gasteiger partial charge in [-0.25, -0.2) is 0 Å². The van der Waals surface area contributed by atoms with E-state index in [0.29, 0.717) is 13.2 Å². The molecule has 2 rings (SSSR count). The second kappa shape index (κ2) is 6.54. The Morgan fingerprint density at radius 1 is 1.11 bits per heavy atom. The zero-order valence-electron chi connectivity index (χ0n) is 10.2. The first kappa shape index (κ1) is 13.1. The van der Waals surface area contributed by atoms with Gasteiger partial charge in [-0.05, 0) is 40.1 Å². The lowest BCUT2D eigenvalue weighted by molar-refractivity contribution is 0.146. The zero-order valence-corrected chi connectivity index (χ0v) is 11.0. The molecule has 0 amide bonds. The molecular weight excluding hydrogens is 248 g/mol. The van der Waals surface area contributed by atoms with Gasteiger partial charge in [0.2, 0.25) is 0 Å². The van der Waals surface area contributed by atoms with Crippen molar-refractivity contribution in [3.05, 3.63) is 52.2 Å². The van der Waals surface area contributed by atoms with E-state index in [1.807, 2.05) is 41.1 Å². The molecule has 0 saturated heterocycles. The molecule has 1 unspecified atom stereocenters. The average molecular weight is 264 g/mol. The lowest BCUT2D eigenvalue weighted by Crippen LogP contribution is -2.04. The first-order valence-corrected chi connectivity index (χ1v) is 6.67. The molecule has 0 bridgehead atoms. The van der Waals surface area contributed by atoms with Gasteiger partial charge in [0.05, 0.1) is 6.61 Å². The molecule has 96 valence electrons. The zero-order chi connectivity index (χ0) is 12.8. The van der Waals surface area contributed by atoms with Gasteiger partial charge in [-0.2, -0.15) is 11.3 Å². The van der Waals surface area contributed by atoms with Crippen molar-refractivity contribution in [1.82, 2.24) is 0 Å². The van der Waals surface area contributed by atoms with Crippen LogP contribution in [0.4, 0.5) is 0 Å². The summed E-state index contributed by atoms with van der Waals surface area (Å²) in [5.41, 5.74) is 1.79. The van der Waals surface area contributed by atoms with E-state index >= 15 is 0 Å². The van der Waals surface area contributed by atoms with Gasteiger partial charge in [-0.1, -0.05) is 12.1 Å². The summed E-state index contributed by atoms with van der Waals surface area (Å²) in [6, 6.07) is 9.41. The fourth-order valence-corrected chi connectivity index (χ4v) is 2.29. The van der Waals surface area contributed by atoms with Crippen molar-refractivity contribution in [2.24, 2.45) is 0 Å². The third-order valence-electron chi connectivity index (χ3n) is 2.61. The fraction of sp³-hybridized carbons (Fsp3) is 0.286. The van der Waals surface area contributed by atoms with E-state index in [1.165, 1.54) is 0 Å². The Balaban J connectivity index is 1.99. The smallest absolute Gasteiger partial charge is 0.119 e. The molecule has 1 atom stereocenters. The van der Waals surface area contributed by atoms with Crippen LogP contribution in [0.3, 0.4) is 0 Å². The van der Waals surface area contributed by atoms with E-state index in [4.69, 9.17) is 9.47 Å². The van der Waals surface area contributed by atoms with Gasteiger partial charge in [0, 0.05) is 7.11 Å². The Kier molecular flexibility index (Phi) is 4.75. The van der Waals surface area contributed by atoms with Gasteiger partial charge in [-0.3, -0.25) is 0 Å². The number of hydrogen-bond acceptors (Lipinski definition) is 4. The summed E-state index contributed by atoms with van der Waals surface area (Å²) in [6.07, 6.45) is -0.565. The quantitative estimate of drug-likeness (QED) is 0.815. The second-order valence-electron chi connectivity index (χ2n) is 3.87. The topological polar surface area (TPSA) is 38.7 Å². The minimum absolute atomic E-state index is 0.531. The summed E-state index contributed by atoms with van der Waals surface area (Å²) < 4.78 is 10.4. The van der Waals surface area contributed by atoms with E-state index in [9.17, 15) is 5.11 Å². The van der Waals surface area contributed by atoms with Gasteiger partial charge < -0.3 is 14.6 Å².